The number of aromatic amines is 1. The number of fused-ring (bicyclic) bond motifs is 1. The maximum Gasteiger partial charge on any atom is 0.251 e. The number of benzene rings is 1. The van der Waals surface area contributed by atoms with E-state index in [-0.39, 0.29) is 17.4 Å². The summed E-state index contributed by atoms with van der Waals surface area (Å²) >= 11 is 0. The monoisotopic (exact) mass is 334 g/mol. The molecular formula is C17H22N2O3S. The fourth-order valence-corrected chi connectivity index (χ4v) is 4.77. The fraction of sp³-hybridized carbons (Fsp3) is 0.471. The van der Waals surface area contributed by atoms with Crippen LogP contribution in [-0.4, -0.2) is 25.2 Å². The number of aryl methyl sites for hydroxylation is 1. The van der Waals surface area contributed by atoms with Crippen LogP contribution in [0.3, 0.4) is 0 Å². The Kier molecular flexibility index (Phi) is 4.55. The first-order chi connectivity index (χ1) is 11.0. The van der Waals surface area contributed by atoms with Gasteiger partial charge in [-0.2, -0.15) is 0 Å². The van der Waals surface area contributed by atoms with Crippen molar-refractivity contribution in [2.24, 2.45) is 0 Å². The van der Waals surface area contributed by atoms with Gasteiger partial charge in [-0.15, -0.1) is 0 Å². The molecule has 0 atom stereocenters. The topological polar surface area (TPSA) is 79.0 Å². The number of pyridine rings is 1. The average Bonchev–Trinajstić information content (AvgIpc) is 3.03. The molecule has 0 amide bonds. The summed E-state index contributed by atoms with van der Waals surface area (Å²) in [6.07, 6.45) is 3.84. The molecule has 124 valence electrons. The van der Waals surface area contributed by atoms with Crippen molar-refractivity contribution in [3.05, 3.63) is 45.7 Å². The minimum absolute atomic E-state index is 0.150. The van der Waals surface area contributed by atoms with E-state index in [9.17, 15) is 13.2 Å². The Morgan fingerprint density at radius 1 is 1.22 bits per heavy atom. The number of sulfonamides is 1. The second-order valence-electron chi connectivity index (χ2n) is 6.31. The molecule has 1 heterocycles. The number of aromatic nitrogens is 1. The number of nitrogens with one attached hydrogen (secondary N) is 2. The van der Waals surface area contributed by atoms with Gasteiger partial charge in [0.1, 0.15) is 0 Å². The Morgan fingerprint density at radius 2 is 1.96 bits per heavy atom. The number of hydrogen-bond acceptors (Lipinski definition) is 3. The van der Waals surface area contributed by atoms with Gasteiger partial charge < -0.3 is 4.98 Å². The highest BCUT2D eigenvalue weighted by Crippen LogP contribution is 2.23. The van der Waals surface area contributed by atoms with Crippen molar-refractivity contribution in [3.8, 4) is 0 Å². The lowest BCUT2D eigenvalue weighted by Crippen LogP contribution is -2.34. The van der Waals surface area contributed by atoms with E-state index >= 15 is 0 Å². The lowest BCUT2D eigenvalue weighted by Gasteiger charge is -2.12. The molecule has 2 aromatic rings. The molecule has 6 heteroatoms. The van der Waals surface area contributed by atoms with Crippen molar-refractivity contribution in [1.82, 2.24) is 9.71 Å². The minimum atomic E-state index is -3.25. The second-order valence-corrected chi connectivity index (χ2v) is 8.36. The predicted molar refractivity (Wildman–Crippen MR) is 92.2 cm³/mol. The van der Waals surface area contributed by atoms with E-state index < -0.39 is 10.0 Å². The molecule has 1 aliphatic rings. The molecule has 1 aromatic heterocycles. The quantitative estimate of drug-likeness (QED) is 0.880. The van der Waals surface area contributed by atoms with Crippen molar-refractivity contribution in [3.63, 3.8) is 0 Å². The van der Waals surface area contributed by atoms with Crippen LogP contribution in [0.5, 0.6) is 0 Å². The van der Waals surface area contributed by atoms with Crippen LogP contribution in [-0.2, 0) is 16.4 Å². The summed E-state index contributed by atoms with van der Waals surface area (Å²) in [6, 6.07) is 7.74. The van der Waals surface area contributed by atoms with Crippen LogP contribution >= 0.6 is 0 Å². The molecule has 5 nitrogen and oxygen atoms in total. The lowest BCUT2D eigenvalue weighted by atomic mass is 10.1. The van der Waals surface area contributed by atoms with Crippen molar-refractivity contribution in [2.45, 2.75) is 44.3 Å². The van der Waals surface area contributed by atoms with E-state index in [4.69, 9.17) is 0 Å². The highest BCUT2D eigenvalue weighted by Gasteiger charge is 2.28. The normalized spacial score (nSPS) is 16.2. The van der Waals surface area contributed by atoms with Gasteiger partial charge in [0.15, 0.2) is 0 Å². The maximum absolute atomic E-state index is 12.2. The van der Waals surface area contributed by atoms with Crippen LogP contribution in [0.1, 0.15) is 36.8 Å². The molecule has 0 aliphatic heterocycles. The summed E-state index contributed by atoms with van der Waals surface area (Å²) in [5, 5.41) is 0.698. The van der Waals surface area contributed by atoms with E-state index in [1.54, 1.807) is 0 Å². The van der Waals surface area contributed by atoms with E-state index in [1.807, 2.05) is 31.2 Å². The van der Waals surface area contributed by atoms with E-state index in [0.717, 1.165) is 42.1 Å². The van der Waals surface area contributed by atoms with Crippen molar-refractivity contribution in [2.75, 3.05) is 6.54 Å². The van der Waals surface area contributed by atoms with Crippen molar-refractivity contribution >= 4 is 20.9 Å². The first-order valence-electron chi connectivity index (χ1n) is 8.07. The molecule has 0 unspecified atom stereocenters. The van der Waals surface area contributed by atoms with Crippen molar-refractivity contribution in [1.29, 1.82) is 0 Å². The van der Waals surface area contributed by atoms with E-state index in [0.29, 0.717) is 12.0 Å². The van der Waals surface area contributed by atoms with Gasteiger partial charge in [0.2, 0.25) is 10.0 Å². The fourth-order valence-electron chi connectivity index (χ4n) is 3.19. The largest absolute Gasteiger partial charge is 0.322 e. The van der Waals surface area contributed by atoms with E-state index in [1.165, 1.54) is 0 Å². The average molecular weight is 334 g/mol. The van der Waals surface area contributed by atoms with Crippen molar-refractivity contribution < 1.29 is 8.42 Å². The molecule has 1 aliphatic carbocycles. The van der Waals surface area contributed by atoms with Gasteiger partial charge in [-0.1, -0.05) is 25.0 Å². The lowest BCUT2D eigenvalue weighted by molar-refractivity contribution is 0.564. The number of rotatable bonds is 5. The van der Waals surface area contributed by atoms with Crippen LogP contribution < -0.4 is 10.3 Å². The van der Waals surface area contributed by atoms with Gasteiger partial charge in [-0.05, 0) is 49.3 Å². The Labute approximate surface area is 136 Å². The third-order valence-electron chi connectivity index (χ3n) is 4.52. The summed E-state index contributed by atoms with van der Waals surface area (Å²) in [7, 11) is -3.25. The van der Waals surface area contributed by atoms with Crippen LogP contribution in [0.2, 0.25) is 0 Å². The van der Waals surface area contributed by atoms with E-state index in [2.05, 4.69) is 9.71 Å². The highest BCUT2D eigenvalue weighted by atomic mass is 32.2. The predicted octanol–water partition coefficient (Wildman–Crippen LogP) is 2.24. The Hall–Kier alpha value is -1.66. The number of H-pyrrole nitrogens is 1. The highest BCUT2D eigenvalue weighted by molar-refractivity contribution is 7.90. The molecular weight excluding hydrogens is 312 g/mol. The first kappa shape index (κ1) is 16.2. The smallest absolute Gasteiger partial charge is 0.251 e. The zero-order chi connectivity index (χ0) is 16.4. The zero-order valence-corrected chi connectivity index (χ0v) is 14.1. The molecule has 0 bridgehead atoms. The van der Waals surface area contributed by atoms with Gasteiger partial charge >= 0.3 is 0 Å². The third kappa shape index (κ3) is 3.64. The van der Waals surface area contributed by atoms with Gasteiger partial charge in [0, 0.05) is 17.6 Å². The summed E-state index contributed by atoms with van der Waals surface area (Å²) in [6.45, 7) is 2.24. The van der Waals surface area contributed by atoms with Gasteiger partial charge in [0.25, 0.3) is 5.56 Å². The summed E-state index contributed by atoms with van der Waals surface area (Å²) in [4.78, 5) is 15.0. The molecule has 0 radical (unpaired) electrons. The Morgan fingerprint density at radius 3 is 2.70 bits per heavy atom. The molecule has 2 N–H and O–H groups in total. The maximum atomic E-state index is 12.2. The summed E-state index contributed by atoms with van der Waals surface area (Å²) in [5.41, 5.74) is 2.36. The van der Waals surface area contributed by atoms with Crippen LogP contribution in [0.4, 0.5) is 0 Å². The molecule has 1 aromatic carbocycles. The van der Waals surface area contributed by atoms with Crippen LogP contribution in [0.25, 0.3) is 10.9 Å². The van der Waals surface area contributed by atoms with Crippen LogP contribution in [0, 0.1) is 6.92 Å². The minimum Gasteiger partial charge on any atom is -0.322 e. The van der Waals surface area contributed by atoms with Gasteiger partial charge in [-0.25, -0.2) is 13.1 Å². The second kappa shape index (κ2) is 6.45. The molecule has 3 rings (SSSR count). The molecule has 1 fully saturated rings. The zero-order valence-electron chi connectivity index (χ0n) is 13.3. The molecule has 0 spiro atoms. The molecule has 0 saturated heterocycles. The molecule has 23 heavy (non-hydrogen) atoms. The SMILES string of the molecule is Cc1ccc2cc(CCNS(=O)(=O)C3CCCC3)c(=O)[nH]c2c1. The Bertz CT molecular complexity index is 865. The number of hydrogen-bond donors (Lipinski definition) is 2. The molecule has 1 saturated carbocycles. The van der Waals surface area contributed by atoms with Crippen LogP contribution in [0.15, 0.2) is 29.1 Å². The summed E-state index contributed by atoms with van der Waals surface area (Å²) < 4.78 is 27.0. The summed E-state index contributed by atoms with van der Waals surface area (Å²) in [5.74, 6) is 0. The Balaban J connectivity index is 1.71. The van der Waals surface area contributed by atoms with Gasteiger partial charge in [0.05, 0.1) is 5.25 Å². The first-order valence-corrected chi connectivity index (χ1v) is 9.61. The van der Waals surface area contributed by atoms with Gasteiger partial charge in [-0.3, -0.25) is 4.79 Å². The third-order valence-corrected chi connectivity index (χ3v) is 6.47. The standard InChI is InChI=1S/C17H22N2O3S/c1-12-6-7-13-11-14(17(20)19-16(13)10-12)8-9-18-23(21,22)15-4-2-3-5-15/h6-7,10-11,15,18H,2-5,8-9H2,1H3,(H,19,20).